The van der Waals surface area contributed by atoms with Crippen LogP contribution in [0.1, 0.15) is 26.7 Å². The molecule has 1 unspecified atom stereocenters. The molecule has 1 aromatic rings. The number of amides is 1. The Morgan fingerprint density at radius 3 is 2.88 bits per heavy atom. The van der Waals surface area contributed by atoms with Crippen LogP contribution in [0.25, 0.3) is 0 Å². The standard InChI is InChI=1S/C11H20N4O/c1-3-5-9(6-12)11(16)14-10-7-13-15(4-2)8-10/h7-9H,3-6,12H2,1-2H3,(H,14,16). The second-order valence-corrected chi connectivity index (χ2v) is 3.80. The van der Waals surface area contributed by atoms with Gasteiger partial charge in [0.2, 0.25) is 5.91 Å². The number of nitrogens with two attached hydrogens (primary N) is 1. The second-order valence-electron chi connectivity index (χ2n) is 3.80. The van der Waals surface area contributed by atoms with Crippen LogP contribution in [0.3, 0.4) is 0 Å². The molecule has 0 aliphatic carbocycles. The lowest BCUT2D eigenvalue weighted by molar-refractivity contribution is -0.119. The normalized spacial score (nSPS) is 12.4. The lowest BCUT2D eigenvalue weighted by Gasteiger charge is -2.12. The van der Waals surface area contributed by atoms with E-state index in [-0.39, 0.29) is 11.8 Å². The Labute approximate surface area is 96.0 Å². The Balaban J connectivity index is 2.55. The highest BCUT2D eigenvalue weighted by molar-refractivity contribution is 5.92. The summed E-state index contributed by atoms with van der Waals surface area (Å²) in [4.78, 5) is 11.8. The Kier molecular flexibility index (Phi) is 4.98. The first-order valence-electron chi connectivity index (χ1n) is 5.74. The zero-order valence-electron chi connectivity index (χ0n) is 9.94. The van der Waals surface area contributed by atoms with Crippen molar-refractivity contribution < 1.29 is 4.79 Å². The van der Waals surface area contributed by atoms with Crippen LogP contribution < -0.4 is 11.1 Å². The molecular weight excluding hydrogens is 204 g/mol. The average Bonchev–Trinajstić information content (AvgIpc) is 2.73. The molecule has 16 heavy (non-hydrogen) atoms. The van der Waals surface area contributed by atoms with E-state index >= 15 is 0 Å². The Bertz CT molecular complexity index is 334. The van der Waals surface area contributed by atoms with Gasteiger partial charge in [0.25, 0.3) is 0 Å². The van der Waals surface area contributed by atoms with E-state index in [1.165, 1.54) is 0 Å². The predicted octanol–water partition coefficient (Wildman–Crippen LogP) is 1.22. The number of nitrogens with zero attached hydrogens (tertiary/aromatic N) is 2. The maximum atomic E-state index is 11.8. The second kappa shape index (κ2) is 6.27. The van der Waals surface area contributed by atoms with Crippen LogP contribution in [-0.2, 0) is 11.3 Å². The highest BCUT2D eigenvalue weighted by atomic mass is 16.1. The molecule has 0 saturated heterocycles. The fourth-order valence-electron chi connectivity index (χ4n) is 1.55. The van der Waals surface area contributed by atoms with Crippen molar-refractivity contribution in [1.29, 1.82) is 0 Å². The van der Waals surface area contributed by atoms with Gasteiger partial charge in [-0.2, -0.15) is 5.10 Å². The van der Waals surface area contributed by atoms with E-state index in [2.05, 4.69) is 10.4 Å². The molecule has 0 aliphatic rings. The molecule has 0 radical (unpaired) electrons. The summed E-state index contributed by atoms with van der Waals surface area (Å²) in [6.07, 6.45) is 5.26. The summed E-state index contributed by atoms with van der Waals surface area (Å²) in [5, 5.41) is 6.92. The summed E-state index contributed by atoms with van der Waals surface area (Å²) in [7, 11) is 0. The third-order valence-corrected chi connectivity index (χ3v) is 2.52. The first-order valence-corrected chi connectivity index (χ1v) is 5.74. The molecule has 0 spiro atoms. The Hall–Kier alpha value is -1.36. The van der Waals surface area contributed by atoms with Crippen molar-refractivity contribution in [2.75, 3.05) is 11.9 Å². The number of hydrogen-bond acceptors (Lipinski definition) is 3. The van der Waals surface area contributed by atoms with Crippen molar-refractivity contribution in [3.63, 3.8) is 0 Å². The number of hydrogen-bond donors (Lipinski definition) is 2. The van der Waals surface area contributed by atoms with E-state index in [1.54, 1.807) is 10.9 Å². The van der Waals surface area contributed by atoms with Gasteiger partial charge >= 0.3 is 0 Å². The van der Waals surface area contributed by atoms with Gasteiger partial charge in [-0.15, -0.1) is 0 Å². The first kappa shape index (κ1) is 12.7. The number of carbonyl (C=O) groups is 1. The van der Waals surface area contributed by atoms with E-state index in [4.69, 9.17) is 5.73 Å². The molecule has 1 aromatic heterocycles. The van der Waals surface area contributed by atoms with Gasteiger partial charge in [-0.05, 0) is 13.3 Å². The maximum absolute atomic E-state index is 11.8. The number of aromatic nitrogens is 2. The Morgan fingerprint density at radius 1 is 1.62 bits per heavy atom. The first-order chi connectivity index (χ1) is 7.71. The molecule has 5 nitrogen and oxygen atoms in total. The minimum absolute atomic E-state index is 0.0139. The fraction of sp³-hybridized carbons (Fsp3) is 0.636. The van der Waals surface area contributed by atoms with Crippen molar-refractivity contribution >= 4 is 11.6 Å². The molecule has 3 N–H and O–H groups in total. The van der Waals surface area contributed by atoms with Crippen LogP contribution in [-0.4, -0.2) is 22.2 Å². The lowest BCUT2D eigenvalue weighted by atomic mass is 10.0. The zero-order valence-corrected chi connectivity index (χ0v) is 9.94. The quantitative estimate of drug-likeness (QED) is 0.763. The van der Waals surface area contributed by atoms with Gasteiger partial charge in [-0.25, -0.2) is 0 Å². The van der Waals surface area contributed by atoms with Crippen LogP contribution in [0.2, 0.25) is 0 Å². The number of rotatable bonds is 6. The minimum atomic E-state index is -0.102. The lowest BCUT2D eigenvalue weighted by Crippen LogP contribution is -2.29. The van der Waals surface area contributed by atoms with Crippen molar-refractivity contribution in [1.82, 2.24) is 9.78 Å². The van der Waals surface area contributed by atoms with Crippen LogP contribution in [0.5, 0.6) is 0 Å². The maximum Gasteiger partial charge on any atom is 0.228 e. The third kappa shape index (κ3) is 3.34. The van der Waals surface area contributed by atoms with E-state index in [1.807, 2.05) is 20.0 Å². The van der Waals surface area contributed by atoms with E-state index < -0.39 is 0 Å². The van der Waals surface area contributed by atoms with Crippen LogP contribution in [0.4, 0.5) is 5.69 Å². The van der Waals surface area contributed by atoms with Gasteiger partial charge in [0.15, 0.2) is 0 Å². The van der Waals surface area contributed by atoms with E-state index in [0.717, 1.165) is 25.1 Å². The molecule has 90 valence electrons. The average molecular weight is 224 g/mol. The van der Waals surface area contributed by atoms with Gasteiger partial charge < -0.3 is 11.1 Å². The van der Waals surface area contributed by atoms with Crippen molar-refractivity contribution in [3.05, 3.63) is 12.4 Å². The number of nitrogens with one attached hydrogen (secondary N) is 1. The molecule has 0 aliphatic heterocycles. The summed E-state index contributed by atoms with van der Waals surface area (Å²) >= 11 is 0. The smallest absolute Gasteiger partial charge is 0.228 e. The van der Waals surface area contributed by atoms with E-state index in [9.17, 15) is 4.79 Å². The summed E-state index contributed by atoms with van der Waals surface area (Å²) in [6, 6.07) is 0. The molecule has 0 bridgehead atoms. The number of carbonyl (C=O) groups excluding carboxylic acids is 1. The molecule has 0 fully saturated rings. The molecule has 5 heteroatoms. The van der Waals surface area contributed by atoms with Gasteiger partial charge in [-0.1, -0.05) is 13.3 Å². The van der Waals surface area contributed by atoms with Crippen LogP contribution in [0, 0.1) is 5.92 Å². The highest BCUT2D eigenvalue weighted by Crippen LogP contribution is 2.10. The zero-order chi connectivity index (χ0) is 12.0. The van der Waals surface area contributed by atoms with Crippen molar-refractivity contribution in [2.45, 2.75) is 33.2 Å². The van der Waals surface area contributed by atoms with Gasteiger partial charge in [-0.3, -0.25) is 9.48 Å². The number of aryl methyl sites for hydroxylation is 1. The topological polar surface area (TPSA) is 72.9 Å². The largest absolute Gasteiger partial charge is 0.330 e. The summed E-state index contributed by atoms with van der Waals surface area (Å²) in [6.45, 7) is 5.23. The molecule has 1 amide bonds. The summed E-state index contributed by atoms with van der Waals surface area (Å²) in [5.74, 6) is -0.116. The SMILES string of the molecule is CCCC(CN)C(=O)Nc1cnn(CC)c1. The van der Waals surface area contributed by atoms with Gasteiger partial charge in [0, 0.05) is 19.3 Å². The fourth-order valence-corrected chi connectivity index (χ4v) is 1.55. The summed E-state index contributed by atoms with van der Waals surface area (Å²) in [5.41, 5.74) is 6.30. The highest BCUT2D eigenvalue weighted by Gasteiger charge is 2.16. The third-order valence-electron chi connectivity index (χ3n) is 2.52. The van der Waals surface area contributed by atoms with Gasteiger partial charge in [0.05, 0.1) is 17.8 Å². The van der Waals surface area contributed by atoms with Crippen molar-refractivity contribution in [3.8, 4) is 0 Å². The molecule has 0 saturated carbocycles. The van der Waals surface area contributed by atoms with Gasteiger partial charge in [0.1, 0.15) is 0 Å². The molecule has 0 aromatic carbocycles. The van der Waals surface area contributed by atoms with Crippen molar-refractivity contribution in [2.24, 2.45) is 11.7 Å². The minimum Gasteiger partial charge on any atom is -0.330 e. The van der Waals surface area contributed by atoms with Crippen LogP contribution in [0.15, 0.2) is 12.4 Å². The Morgan fingerprint density at radius 2 is 2.38 bits per heavy atom. The molecular formula is C11H20N4O. The van der Waals surface area contributed by atoms with Crippen LogP contribution >= 0.6 is 0 Å². The molecule has 1 rings (SSSR count). The number of anilines is 1. The molecule has 1 heterocycles. The monoisotopic (exact) mass is 224 g/mol. The predicted molar refractivity (Wildman–Crippen MR) is 64.0 cm³/mol. The molecule has 1 atom stereocenters. The van der Waals surface area contributed by atoms with E-state index in [0.29, 0.717) is 6.54 Å². The summed E-state index contributed by atoms with van der Waals surface area (Å²) < 4.78 is 1.77.